The third-order valence-electron chi connectivity index (χ3n) is 5.35. The molecule has 0 radical (unpaired) electrons. The lowest BCUT2D eigenvalue weighted by atomic mass is 9.98. The van der Waals surface area contributed by atoms with Gasteiger partial charge in [0.25, 0.3) is 5.91 Å². The molecule has 1 aliphatic heterocycles. The van der Waals surface area contributed by atoms with Crippen LogP contribution in [0.5, 0.6) is 17.2 Å². The summed E-state index contributed by atoms with van der Waals surface area (Å²) in [5.74, 6) is 1.01. The lowest BCUT2D eigenvalue weighted by molar-refractivity contribution is 0.0937. The first kappa shape index (κ1) is 22.8. The largest absolute Gasteiger partial charge is 0.493 e. The molecule has 1 N–H and O–H groups in total. The summed E-state index contributed by atoms with van der Waals surface area (Å²) in [7, 11) is 0.916. The van der Waals surface area contributed by atoms with Crippen LogP contribution in [0.3, 0.4) is 0 Å². The van der Waals surface area contributed by atoms with E-state index in [2.05, 4.69) is 10.3 Å². The number of carbonyl (C=O) groups excluding carboxylic acids is 1. The number of nitrogens with one attached hydrogen (secondary N) is 1. The molecule has 1 aromatic carbocycles. The first-order valence-electron chi connectivity index (χ1n) is 9.89. The SMILES string of the molecule is COc1ccc(C(=O)NCC2CCN(S(=O)(=O)c3cccnc3)CC2)c(OC)c1OC. The van der Waals surface area contributed by atoms with Gasteiger partial charge in [0.15, 0.2) is 11.5 Å². The molecule has 10 heteroatoms. The maximum absolute atomic E-state index is 12.7. The summed E-state index contributed by atoms with van der Waals surface area (Å²) >= 11 is 0. The highest BCUT2D eigenvalue weighted by atomic mass is 32.2. The second-order valence-electron chi connectivity index (χ2n) is 7.13. The van der Waals surface area contributed by atoms with Crippen LogP contribution in [-0.4, -0.2) is 64.6 Å². The lowest BCUT2D eigenvalue weighted by Crippen LogP contribution is -2.41. The smallest absolute Gasteiger partial charge is 0.255 e. The van der Waals surface area contributed by atoms with E-state index < -0.39 is 10.0 Å². The summed E-state index contributed by atoms with van der Waals surface area (Å²) in [5.41, 5.74) is 0.344. The van der Waals surface area contributed by atoms with Crippen LogP contribution in [0.15, 0.2) is 41.6 Å². The summed E-state index contributed by atoms with van der Waals surface area (Å²) < 4.78 is 42.8. The van der Waals surface area contributed by atoms with E-state index in [1.807, 2.05) is 0 Å². The second kappa shape index (κ2) is 9.97. The summed E-state index contributed by atoms with van der Waals surface area (Å²) in [5, 5.41) is 2.92. The van der Waals surface area contributed by atoms with E-state index in [1.165, 1.54) is 31.8 Å². The Labute approximate surface area is 182 Å². The van der Waals surface area contributed by atoms with Gasteiger partial charge in [-0.2, -0.15) is 4.31 Å². The van der Waals surface area contributed by atoms with Crippen LogP contribution in [0.25, 0.3) is 0 Å². The molecular weight excluding hydrogens is 422 g/mol. The van der Waals surface area contributed by atoms with Crippen molar-refractivity contribution in [3.05, 3.63) is 42.2 Å². The van der Waals surface area contributed by atoms with E-state index >= 15 is 0 Å². The average Bonchev–Trinajstić information content (AvgIpc) is 2.82. The van der Waals surface area contributed by atoms with Crippen LogP contribution >= 0.6 is 0 Å². The molecule has 1 fully saturated rings. The molecular formula is C21H27N3O6S. The second-order valence-corrected chi connectivity index (χ2v) is 9.07. The minimum atomic E-state index is -3.54. The van der Waals surface area contributed by atoms with Crippen LogP contribution in [0.2, 0.25) is 0 Å². The molecule has 0 unspecified atom stereocenters. The number of methoxy groups -OCH3 is 3. The van der Waals surface area contributed by atoms with Gasteiger partial charge < -0.3 is 19.5 Å². The minimum Gasteiger partial charge on any atom is -0.493 e. The zero-order valence-electron chi connectivity index (χ0n) is 17.8. The van der Waals surface area contributed by atoms with Gasteiger partial charge >= 0.3 is 0 Å². The normalized spacial score (nSPS) is 15.3. The van der Waals surface area contributed by atoms with Crippen molar-refractivity contribution in [3.8, 4) is 17.2 Å². The first-order chi connectivity index (χ1) is 14.9. The van der Waals surface area contributed by atoms with E-state index in [-0.39, 0.29) is 16.7 Å². The van der Waals surface area contributed by atoms with E-state index in [4.69, 9.17) is 14.2 Å². The molecule has 2 aromatic rings. The van der Waals surface area contributed by atoms with Gasteiger partial charge in [0.05, 0.1) is 26.9 Å². The minimum absolute atomic E-state index is 0.176. The fraction of sp³-hybridized carbons (Fsp3) is 0.429. The molecule has 1 amide bonds. The van der Waals surface area contributed by atoms with Crippen molar-refractivity contribution >= 4 is 15.9 Å². The first-order valence-corrected chi connectivity index (χ1v) is 11.3. The number of piperidine rings is 1. The van der Waals surface area contributed by atoms with E-state index in [1.54, 1.807) is 30.5 Å². The monoisotopic (exact) mass is 449 g/mol. The number of benzene rings is 1. The third kappa shape index (κ3) is 4.91. The molecule has 3 rings (SSSR count). The van der Waals surface area contributed by atoms with Crippen molar-refractivity contribution in [2.24, 2.45) is 5.92 Å². The molecule has 9 nitrogen and oxygen atoms in total. The Bertz CT molecular complexity index is 1010. The number of nitrogens with zero attached hydrogens (tertiary/aromatic N) is 2. The molecule has 0 aliphatic carbocycles. The number of pyridine rings is 1. The Hall–Kier alpha value is -2.85. The van der Waals surface area contributed by atoms with E-state index in [0.717, 1.165) is 0 Å². The number of carbonyl (C=O) groups is 1. The summed E-state index contributed by atoms with van der Waals surface area (Å²) in [6.45, 7) is 1.24. The molecule has 0 spiro atoms. The van der Waals surface area contributed by atoms with Crippen LogP contribution in [-0.2, 0) is 10.0 Å². The van der Waals surface area contributed by atoms with Gasteiger partial charge in [0, 0.05) is 32.0 Å². The third-order valence-corrected chi connectivity index (χ3v) is 7.23. The molecule has 1 aliphatic rings. The van der Waals surface area contributed by atoms with E-state index in [9.17, 15) is 13.2 Å². The molecule has 1 aromatic heterocycles. The number of sulfonamides is 1. The van der Waals surface area contributed by atoms with Gasteiger partial charge in [0.2, 0.25) is 15.8 Å². The van der Waals surface area contributed by atoms with Crippen molar-refractivity contribution in [3.63, 3.8) is 0 Å². The maximum Gasteiger partial charge on any atom is 0.255 e. The fourth-order valence-corrected chi connectivity index (χ4v) is 5.05. The molecule has 1 saturated heterocycles. The van der Waals surface area contributed by atoms with Gasteiger partial charge in [-0.25, -0.2) is 8.42 Å². The highest BCUT2D eigenvalue weighted by Crippen LogP contribution is 2.39. The summed E-state index contributed by atoms with van der Waals surface area (Å²) in [4.78, 5) is 16.8. The van der Waals surface area contributed by atoms with Crippen LogP contribution in [0, 0.1) is 5.92 Å². The molecule has 168 valence electrons. The number of rotatable bonds is 8. The molecule has 2 heterocycles. The van der Waals surface area contributed by atoms with Crippen molar-refractivity contribution in [2.45, 2.75) is 17.7 Å². The Kier molecular flexibility index (Phi) is 7.34. The molecule has 0 atom stereocenters. The van der Waals surface area contributed by atoms with E-state index in [0.29, 0.717) is 55.3 Å². The van der Waals surface area contributed by atoms with Gasteiger partial charge in [-0.15, -0.1) is 0 Å². The standard InChI is InChI=1S/C21H27N3O6S/c1-28-18-7-6-17(19(29-2)20(18)30-3)21(25)23-13-15-8-11-24(12-9-15)31(26,27)16-5-4-10-22-14-16/h4-7,10,14-15H,8-9,11-13H2,1-3H3,(H,23,25). The van der Waals surface area contributed by atoms with Crippen LogP contribution in [0.4, 0.5) is 0 Å². The molecule has 0 saturated carbocycles. The van der Waals surface area contributed by atoms with Gasteiger partial charge in [0.1, 0.15) is 4.90 Å². The van der Waals surface area contributed by atoms with Crippen molar-refractivity contribution in [2.75, 3.05) is 41.0 Å². The number of ether oxygens (including phenoxy) is 3. The van der Waals surface area contributed by atoms with Gasteiger partial charge in [-0.3, -0.25) is 9.78 Å². The van der Waals surface area contributed by atoms with Gasteiger partial charge in [-0.05, 0) is 43.0 Å². The Balaban J connectivity index is 1.59. The topological polar surface area (TPSA) is 107 Å². The van der Waals surface area contributed by atoms with Crippen LogP contribution < -0.4 is 19.5 Å². The zero-order valence-corrected chi connectivity index (χ0v) is 18.6. The van der Waals surface area contributed by atoms with Crippen molar-refractivity contribution < 1.29 is 27.4 Å². The Morgan fingerprint density at radius 2 is 1.81 bits per heavy atom. The van der Waals surface area contributed by atoms with Gasteiger partial charge in [-0.1, -0.05) is 0 Å². The zero-order chi connectivity index (χ0) is 22.4. The summed E-state index contributed by atoms with van der Waals surface area (Å²) in [6.07, 6.45) is 4.21. The average molecular weight is 450 g/mol. The number of hydrogen-bond donors (Lipinski definition) is 1. The Morgan fingerprint density at radius 1 is 1.10 bits per heavy atom. The lowest BCUT2D eigenvalue weighted by Gasteiger charge is -2.31. The predicted molar refractivity (Wildman–Crippen MR) is 114 cm³/mol. The predicted octanol–water partition coefficient (Wildman–Crippen LogP) is 1.94. The summed E-state index contributed by atoms with van der Waals surface area (Å²) in [6, 6.07) is 6.43. The number of aromatic nitrogens is 1. The van der Waals surface area contributed by atoms with Crippen LogP contribution in [0.1, 0.15) is 23.2 Å². The quantitative estimate of drug-likeness (QED) is 0.656. The Morgan fingerprint density at radius 3 is 2.39 bits per heavy atom. The number of hydrogen-bond acceptors (Lipinski definition) is 7. The highest BCUT2D eigenvalue weighted by molar-refractivity contribution is 7.89. The maximum atomic E-state index is 12.7. The number of amides is 1. The fourth-order valence-electron chi connectivity index (χ4n) is 3.61. The highest BCUT2D eigenvalue weighted by Gasteiger charge is 2.30. The molecule has 0 bridgehead atoms. The van der Waals surface area contributed by atoms with Crippen molar-refractivity contribution in [1.82, 2.24) is 14.6 Å². The molecule has 31 heavy (non-hydrogen) atoms. The van der Waals surface area contributed by atoms with Crippen molar-refractivity contribution in [1.29, 1.82) is 0 Å².